The molecule has 1 aromatic carbocycles. The van der Waals surface area contributed by atoms with Crippen LogP contribution in [0.3, 0.4) is 0 Å². The molecule has 74 valence electrons. The van der Waals surface area contributed by atoms with Gasteiger partial charge in [-0.3, -0.25) is 0 Å². The number of hydrogen-bond donors (Lipinski definition) is 0. The SMILES string of the molecule is COc1ccc2c[n+]([O-])cnc2c1.Cl. The molecule has 1 heterocycles. The van der Waals surface area contributed by atoms with E-state index in [2.05, 4.69) is 4.98 Å². The van der Waals surface area contributed by atoms with Gasteiger partial charge in [0.25, 0.3) is 6.33 Å². The van der Waals surface area contributed by atoms with E-state index in [1.807, 2.05) is 0 Å². The highest BCUT2D eigenvalue weighted by molar-refractivity contribution is 5.85. The van der Waals surface area contributed by atoms with Crippen LogP contribution in [-0.4, -0.2) is 12.1 Å². The minimum absolute atomic E-state index is 0. The van der Waals surface area contributed by atoms with Crippen molar-refractivity contribution in [1.29, 1.82) is 0 Å². The zero-order valence-electron chi connectivity index (χ0n) is 7.51. The first kappa shape index (κ1) is 10.5. The maximum Gasteiger partial charge on any atom is 0.289 e. The number of benzene rings is 1. The number of rotatable bonds is 1. The topological polar surface area (TPSA) is 49.1 Å². The molecular weight excluding hydrogens is 204 g/mol. The predicted octanol–water partition coefficient (Wildman–Crippen LogP) is 1.30. The fraction of sp³-hybridized carbons (Fsp3) is 0.111. The Morgan fingerprint density at radius 2 is 2.21 bits per heavy atom. The average molecular weight is 213 g/mol. The highest BCUT2D eigenvalue weighted by Crippen LogP contribution is 2.16. The van der Waals surface area contributed by atoms with Crippen molar-refractivity contribution in [1.82, 2.24) is 4.98 Å². The van der Waals surface area contributed by atoms with Gasteiger partial charge in [-0.2, -0.15) is 0 Å². The van der Waals surface area contributed by atoms with Gasteiger partial charge in [0.05, 0.1) is 12.5 Å². The van der Waals surface area contributed by atoms with Gasteiger partial charge in [-0.15, -0.1) is 12.4 Å². The van der Waals surface area contributed by atoms with Gasteiger partial charge in [0.15, 0.2) is 5.52 Å². The van der Waals surface area contributed by atoms with Crippen LogP contribution < -0.4 is 9.47 Å². The molecule has 0 atom stereocenters. The van der Waals surface area contributed by atoms with Crippen molar-refractivity contribution in [2.45, 2.75) is 0 Å². The number of hydrogen-bond acceptors (Lipinski definition) is 3. The first-order chi connectivity index (χ1) is 6.29. The second kappa shape index (κ2) is 4.11. The van der Waals surface area contributed by atoms with Gasteiger partial charge in [0, 0.05) is 6.07 Å². The standard InChI is InChI=1S/C9H8N2O2.ClH/c1-13-8-3-2-7-5-11(12)6-10-9(7)4-8;/h2-6H,1H3;1H. The first-order valence-corrected chi connectivity index (χ1v) is 3.82. The van der Waals surface area contributed by atoms with Crippen LogP contribution in [0.2, 0.25) is 0 Å². The number of ether oxygens (including phenoxy) is 1. The normalized spacial score (nSPS) is 9.50. The molecule has 0 saturated carbocycles. The van der Waals surface area contributed by atoms with Gasteiger partial charge in [-0.1, -0.05) is 0 Å². The molecule has 0 fully saturated rings. The fourth-order valence-corrected chi connectivity index (χ4v) is 1.16. The molecule has 0 bridgehead atoms. The molecule has 0 spiro atoms. The first-order valence-electron chi connectivity index (χ1n) is 3.82. The molecule has 5 heteroatoms. The van der Waals surface area contributed by atoms with Crippen molar-refractivity contribution in [3.8, 4) is 5.75 Å². The summed E-state index contributed by atoms with van der Waals surface area (Å²) in [4.78, 5) is 3.96. The Bertz CT molecular complexity index is 448. The molecule has 0 amide bonds. The zero-order valence-corrected chi connectivity index (χ0v) is 8.32. The molecular formula is C9H9ClN2O2. The number of halogens is 1. The predicted molar refractivity (Wildman–Crippen MR) is 54.5 cm³/mol. The van der Waals surface area contributed by atoms with Crippen LogP contribution in [0.25, 0.3) is 10.9 Å². The third-order valence-electron chi connectivity index (χ3n) is 1.81. The number of aromatic nitrogens is 2. The van der Waals surface area contributed by atoms with Crippen molar-refractivity contribution >= 4 is 23.3 Å². The van der Waals surface area contributed by atoms with Crippen molar-refractivity contribution < 1.29 is 9.47 Å². The van der Waals surface area contributed by atoms with Crippen LogP contribution >= 0.6 is 12.4 Å². The summed E-state index contributed by atoms with van der Waals surface area (Å²) in [6.45, 7) is 0. The summed E-state index contributed by atoms with van der Waals surface area (Å²) in [7, 11) is 1.60. The maximum atomic E-state index is 10.9. The van der Waals surface area contributed by atoms with E-state index < -0.39 is 0 Å². The van der Waals surface area contributed by atoms with Crippen molar-refractivity contribution in [2.24, 2.45) is 0 Å². The summed E-state index contributed by atoms with van der Waals surface area (Å²) in [6, 6.07) is 5.38. The molecule has 2 aromatic rings. The van der Waals surface area contributed by atoms with Crippen LogP contribution in [-0.2, 0) is 0 Å². The lowest BCUT2D eigenvalue weighted by molar-refractivity contribution is -0.607. The van der Waals surface area contributed by atoms with E-state index in [0.29, 0.717) is 4.73 Å². The fourth-order valence-electron chi connectivity index (χ4n) is 1.16. The van der Waals surface area contributed by atoms with Gasteiger partial charge in [-0.25, -0.2) is 4.73 Å². The summed E-state index contributed by atoms with van der Waals surface area (Å²) in [5.41, 5.74) is 0.756. The van der Waals surface area contributed by atoms with Crippen molar-refractivity contribution in [3.63, 3.8) is 0 Å². The molecule has 0 aliphatic rings. The molecule has 1 aromatic heterocycles. The Kier molecular flexibility index (Phi) is 3.09. The Morgan fingerprint density at radius 1 is 1.43 bits per heavy atom. The zero-order chi connectivity index (χ0) is 9.26. The van der Waals surface area contributed by atoms with Crippen LogP contribution in [0, 0.1) is 5.21 Å². The van der Waals surface area contributed by atoms with Gasteiger partial charge in [0.2, 0.25) is 0 Å². The summed E-state index contributed by atoms with van der Waals surface area (Å²) >= 11 is 0. The van der Waals surface area contributed by atoms with Gasteiger partial charge < -0.3 is 9.94 Å². The van der Waals surface area contributed by atoms with Crippen LogP contribution in [0.15, 0.2) is 30.7 Å². The van der Waals surface area contributed by atoms with Crippen molar-refractivity contribution in [2.75, 3.05) is 7.11 Å². The molecule has 0 N–H and O–H groups in total. The quantitative estimate of drug-likeness (QED) is 0.529. The van der Waals surface area contributed by atoms with Gasteiger partial charge in [0.1, 0.15) is 11.9 Å². The number of nitrogens with zero attached hydrogens (tertiary/aromatic N) is 2. The molecule has 0 aliphatic carbocycles. The number of methoxy groups -OCH3 is 1. The lowest BCUT2D eigenvalue weighted by Crippen LogP contribution is -2.24. The summed E-state index contributed by atoms with van der Waals surface area (Å²) < 4.78 is 5.70. The van der Waals surface area contributed by atoms with Crippen LogP contribution in [0.5, 0.6) is 5.75 Å². The summed E-state index contributed by atoms with van der Waals surface area (Å²) in [5.74, 6) is 0.739. The largest absolute Gasteiger partial charge is 0.711 e. The Hall–Kier alpha value is -1.55. The van der Waals surface area contributed by atoms with E-state index in [-0.39, 0.29) is 12.4 Å². The Labute approximate surface area is 87.1 Å². The minimum atomic E-state index is 0. The average Bonchev–Trinajstić information content (AvgIpc) is 2.17. The van der Waals surface area contributed by atoms with Gasteiger partial charge in [-0.05, 0) is 17.1 Å². The number of fused-ring (bicyclic) bond motifs is 1. The summed E-state index contributed by atoms with van der Waals surface area (Å²) in [6.07, 6.45) is 2.70. The van der Waals surface area contributed by atoms with Crippen LogP contribution in [0.4, 0.5) is 0 Å². The smallest absolute Gasteiger partial charge is 0.289 e. The van der Waals surface area contributed by atoms with Gasteiger partial charge >= 0.3 is 0 Å². The van der Waals surface area contributed by atoms with Crippen molar-refractivity contribution in [3.05, 3.63) is 35.9 Å². The molecule has 2 rings (SSSR count). The molecule has 14 heavy (non-hydrogen) atoms. The monoisotopic (exact) mass is 212 g/mol. The molecule has 0 radical (unpaired) electrons. The second-order valence-corrected chi connectivity index (χ2v) is 2.66. The Balaban J connectivity index is 0.000000980. The minimum Gasteiger partial charge on any atom is -0.711 e. The van der Waals surface area contributed by atoms with E-state index in [0.717, 1.165) is 16.7 Å². The molecule has 0 aliphatic heterocycles. The molecule has 0 unspecified atom stereocenters. The maximum absolute atomic E-state index is 10.9. The Morgan fingerprint density at radius 3 is 2.93 bits per heavy atom. The third kappa shape index (κ3) is 1.85. The molecule has 4 nitrogen and oxygen atoms in total. The lowest BCUT2D eigenvalue weighted by Gasteiger charge is -2.01. The van der Waals surface area contributed by atoms with E-state index in [1.165, 1.54) is 12.5 Å². The third-order valence-corrected chi connectivity index (χ3v) is 1.81. The summed E-state index contributed by atoms with van der Waals surface area (Å²) in [5, 5.41) is 11.7. The highest BCUT2D eigenvalue weighted by atomic mass is 35.5. The van der Waals surface area contributed by atoms with E-state index in [4.69, 9.17) is 4.74 Å². The van der Waals surface area contributed by atoms with Crippen LogP contribution in [0.1, 0.15) is 0 Å². The molecule has 0 saturated heterocycles. The lowest BCUT2D eigenvalue weighted by atomic mass is 10.2. The van der Waals surface area contributed by atoms with E-state index in [9.17, 15) is 5.21 Å². The van der Waals surface area contributed by atoms with E-state index >= 15 is 0 Å². The second-order valence-electron chi connectivity index (χ2n) is 2.66. The van der Waals surface area contributed by atoms with E-state index in [1.54, 1.807) is 25.3 Å². The highest BCUT2D eigenvalue weighted by Gasteiger charge is 2.02.